The van der Waals surface area contributed by atoms with Crippen LogP contribution in [-0.2, 0) is 16.1 Å². The molecule has 1 heterocycles. The van der Waals surface area contributed by atoms with Gasteiger partial charge in [-0.05, 0) is 24.1 Å². The van der Waals surface area contributed by atoms with Crippen molar-refractivity contribution in [3.05, 3.63) is 65.7 Å². The number of hydrogen-bond acceptors (Lipinski definition) is 3. The molecule has 3 rings (SSSR count). The van der Waals surface area contributed by atoms with Crippen LogP contribution in [-0.4, -0.2) is 43.7 Å². The number of amides is 1. The van der Waals surface area contributed by atoms with Crippen LogP contribution in [0.15, 0.2) is 54.6 Å². The van der Waals surface area contributed by atoms with Crippen molar-refractivity contribution >= 4 is 24.0 Å². The highest BCUT2D eigenvalue weighted by Gasteiger charge is 2.21. The molecule has 2 aromatic carbocycles. The van der Waals surface area contributed by atoms with Crippen LogP contribution in [0.2, 0.25) is 0 Å². The third-order valence-corrected chi connectivity index (χ3v) is 4.35. The highest BCUT2D eigenvalue weighted by molar-refractivity contribution is 5.95. The fourth-order valence-electron chi connectivity index (χ4n) is 2.98. The van der Waals surface area contributed by atoms with Crippen molar-refractivity contribution in [2.75, 3.05) is 37.7 Å². The number of halogens is 1. The third-order valence-electron chi connectivity index (χ3n) is 4.35. The Morgan fingerprint density at radius 3 is 2.36 bits per heavy atom. The maximum absolute atomic E-state index is 13.0. The molecule has 4 nitrogen and oxygen atoms in total. The molecule has 0 spiro atoms. The number of carbonyl (C=O) groups is 1. The van der Waals surface area contributed by atoms with Crippen molar-refractivity contribution in [3.8, 4) is 0 Å². The van der Waals surface area contributed by atoms with Crippen LogP contribution in [0, 0.1) is 6.92 Å². The van der Waals surface area contributed by atoms with E-state index in [9.17, 15) is 4.79 Å². The largest absolute Gasteiger partial charge is 0.379 e. The number of para-hydroxylation sites is 1. The molecular weight excluding hydrogens is 336 g/mol. The number of anilines is 1. The van der Waals surface area contributed by atoms with Gasteiger partial charge in [0.05, 0.1) is 26.3 Å². The van der Waals surface area contributed by atoms with Crippen LogP contribution >= 0.6 is 12.4 Å². The van der Waals surface area contributed by atoms with Crippen LogP contribution in [0.5, 0.6) is 0 Å². The minimum Gasteiger partial charge on any atom is -0.379 e. The van der Waals surface area contributed by atoms with Crippen molar-refractivity contribution in [1.29, 1.82) is 0 Å². The summed E-state index contributed by atoms with van der Waals surface area (Å²) in [5.74, 6) is 0.134. The molecule has 25 heavy (non-hydrogen) atoms. The van der Waals surface area contributed by atoms with Crippen molar-refractivity contribution in [3.63, 3.8) is 0 Å². The molecule has 0 atom stereocenters. The Kier molecular flexibility index (Phi) is 7.44. The fraction of sp³-hybridized carbons (Fsp3) is 0.350. The van der Waals surface area contributed by atoms with E-state index >= 15 is 0 Å². The van der Waals surface area contributed by atoms with Gasteiger partial charge in [-0.3, -0.25) is 9.69 Å². The number of nitrogens with zero attached hydrogens (tertiary/aromatic N) is 2. The molecule has 1 aliphatic rings. The van der Waals surface area contributed by atoms with Gasteiger partial charge in [-0.1, -0.05) is 48.5 Å². The molecule has 0 aromatic heterocycles. The lowest BCUT2D eigenvalue weighted by Gasteiger charge is -2.30. The first-order valence-electron chi connectivity index (χ1n) is 8.44. The van der Waals surface area contributed by atoms with Crippen molar-refractivity contribution < 1.29 is 9.53 Å². The summed E-state index contributed by atoms with van der Waals surface area (Å²) in [4.78, 5) is 17.1. The van der Waals surface area contributed by atoms with Crippen molar-refractivity contribution in [2.24, 2.45) is 0 Å². The van der Waals surface area contributed by atoms with Gasteiger partial charge in [0.15, 0.2) is 0 Å². The van der Waals surface area contributed by atoms with Gasteiger partial charge >= 0.3 is 0 Å². The second-order valence-electron chi connectivity index (χ2n) is 6.14. The van der Waals surface area contributed by atoms with E-state index in [0.29, 0.717) is 26.3 Å². The van der Waals surface area contributed by atoms with Crippen molar-refractivity contribution in [1.82, 2.24) is 4.90 Å². The third kappa shape index (κ3) is 5.30. The predicted octanol–water partition coefficient (Wildman–Crippen LogP) is 3.28. The van der Waals surface area contributed by atoms with Gasteiger partial charge in [-0.2, -0.15) is 0 Å². The summed E-state index contributed by atoms with van der Waals surface area (Å²) in [5.41, 5.74) is 3.24. The molecule has 1 fully saturated rings. The van der Waals surface area contributed by atoms with E-state index < -0.39 is 0 Å². The molecule has 0 aliphatic carbocycles. The molecule has 1 aliphatic heterocycles. The minimum atomic E-state index is 0. The van der Waals surface area contributed by atoms with E-state index in [1.54, 1.807) is 0 Å². The zero-order valence-electron chi connectivity index (χ0n) is 14.6. The maximum atomic E-state index is 13.0. The highest BCUT2D eigenvalue weighted by atomic mass is 35.5. The Labute approximate surface area is 155 Å². The molecule has 0 unspecified atom stereocenters. The van der Waals surface area contributed by atoms with Gasteiger partial charge in [0.25, 0.3) is 0 Å². The molecule has 0 bridgehead atoms. The van der Waals surface area contributed by atoms with Gasteiger partial charge in [0, 0.05) is 18.8 Å². The maximum Gasteiger partial charge on any atom is 0.241 e. The Bertz CT molecular complexity index is 672. The monoisotopic (exact) mass is 360 g/mol. The smallest absolute Gasteiger partial charge is 0.241 e. The van der Waals surface area contributed by atoms with E-state index in [-0.39, 0.29) is 18.3 Å². The summed E-state index contributed by atoms with van der Waals surface area (Å²) < 4.78 is 5.37. The molecular formula is C20H25ClN2O2. The van der Waals surface area contributed by atoms with E-state index in [1.165, 1.54) is 0 Å². The second-order valence-corrected chi connectivity index (χ2v) is 6.14. The number of morpholine rings is 1. The van der Waals surface area contributed by atoms with E-state index in [4.69, 9.17) is 4.74 Å². The summed E-state index contributed by atoms with van der Waals surface area (Å²) in [7, 11) is 0. The molecule has 1 amide bonds. The van der Waals surface area contributed by atoms with Gasteiger partial charge in [0.1, 0.15) is 0 Å². The van der Waals surface area contributed by atoms with Crippen LogP contribution in [0.4, 0.5) is 5.69 Å². The Morgan fingerprint density at radius 1 is 1.04 bits per heavy atom. The first-order valence-corrected chi connectivity index (χ1v) is 8.44. The number of carbonyl (C=O) groups excluding carboxylic acids is 1. The molecule has 0 saturated carbocycles. The van der Waals surface area contributed by atoms with Gasteiger partial charge in [0.2, 0.25) is 5.91 Å². The molecule has 134 valence electrons. The molecule has 1 saturated heterocycles. The summed E-state index contributed by atoms with van der Waals surface area (Å²) in [6, 6.07) is 18.2. The second kappa shape index (κ2) is 9.56. The Hall–Kier alpha value is -1.88. The number of hydrogen-bond donors (Lipinski definition) is 0. The predicted molar refractivity (Wildman–Crippen MR) is 103 cm³/mol. The first-order chi connectivity index (χ1) is 11.7. The average Bonchev–Trinajstić information content (AvgIpc) is 2.62. The Balaban J connectivity index is 0.00000225. The van der Waals surface area contributed by atoms with E-state index in [1.807, 2.05) is 41.3 Å². The fourth-order valence-corrected chi connectivity index (χ4v) is 2.98. The molecule has 2 aromatic rings. The topological polar surface area (TPSA) is 32.8 Å². The zero-order valence-corrected chi connectivity index (χ0v) is 15.4. The molecule has 0 radical (unpaired) electrons. The molecule has 5 heteroatoms. The van der Waals surface area contributed by atoms with E-state index in [2.05, 4.69) is 30.0 Å². The SMILES string of the molecule is Cc1ccccc1N(Cc1ccccc1)C(=O)CN1CCOCC1.Cl. The Morgan fingerprint density at radius 2 is 1.68 bits per heavy atom. The number of aryl methyl sites for hydroxylation is 1. The summed E-state index contributed by atoms with van der Waals surface area (Å²) >= 11 is 0. The summed E-state index contributed by atoms with van der Waals surface area (Å²) in [5, 5.41) is 0. The van der Waals surface area contributed by atoms with Gasteiger partial charge in [-0.25, -0.2) is 0 Å². The minimum absolute atomic E-state index is 0. The van der Waals surface area contributed by atoms with E-state index in [0.717, 1.165) is 29.9 Å². The summed E-state index contributed by atoms with van der Waals surface area (Å²) in [6.07, 6.45) is 0. The van der Waals surface area contributed by atoms with Crippen molar-refractivity contribution in [2.45, 2.75) is 13.5 Å². The molecule has 0 N–H and O–H groups in total. The average molecular weight is 361 g/mol. The van der Waals surface area contributed by atoms with Crippen LogP contribution in [0.1, 0.15) is 11.1 Å². The van der Waals surface area contributed by atoms with Gasteiger partial charge < -0.3 is 9.64 Å². The van der Waals surface area contributed by atoms with Crippen LogP contribution < -0.4 is 4.90 Å². The first kappa shape index (κ1) is 19.4. The normalized spacial score (nSPS) is 14.6. The summed E-state index contributed by atoms with van der Waals surface area (Å²) in [6.45, 7) is 6.12. The van der Waals surface area contributed by atoms with Gasteiger partial charge in [-0.15, -0.1) is 12.4 Å². The lowest BCUT2D eigenvalue weighted by molar-refractivity contribution is -0.120. The lowest BCUT2D eigenvalue weighted by Crippen LogP contribution is -2.44. The van der Waals surface area contributed by atoms with Crippen LogP contribution in [0.3, 0.4) is 0 Å². The quantitative estimate of drug-likeness (QED) is 0.820. The standard InChI is InChI=1S/C20H24N2O2.ClH/c1-17-7-5-6-10-19(17)22(15-18-8-3-2-4-9-18)20(23)16-21-11-13-24-14-12-21;/h2-10H,11-16H2,1H3;1H. The number of rotatable bonds is 5. The lowest BCUT2D eigenvalue weighted by atomic mass is 10.1. The van der Waals surface area contributed by atoms with Crippen LogP contribution in [0.25, 0.3) is 0 Å². The number of ether oxygens (including phenoxy) is 1. The zero-order chi connectivity index (χ0) is 16.8. The highest BCUT2D eigenvalue weighted by Crippen LogP contribution is 2.22. The number of benzene rings is 2.